The molecule has 0 saturated carbocycles. The number of para-hydroxylation sites is 1. The summed E-state index contributed by atoms with van der Waals surface area (Å²) in [5.41, 5.74) is 2.58. The summed E-state index contributed by atoms with van der Waals surface area (Å²) in [5.74, 6) is 0.644. The summed E-state index contributed by atoms with van der Waals surface area (Å²) in [6.07, 6.45) is 2.98. The van der Waals surface area contributed by atoms with Crippen molar-refractivity contribution in [3.05, 3.63) is 29.8 Å². The summed E-state index contributed by atoms with van der Waals surface area (Å²) >= 11 is 0. The Hall–Kier alpha value is -1.09. The molecule has 1 heterocycles. The summed E-state index contributed by atoms with van der Waals surface area (Å²) < 4.78 is 12.1. The Bertz CT molecular complexity index is 335. The van der Waals surface area contributed by atoms with Gasteiger partial charge in [0.25, 0.3) is 0 Å². The molecule has 0 spiro atoms. The quantitative estimate of drug-likeness (QED) is 0.768. The lowest BCUT2D eigenvalue weighted by molar-refractivity contribution is 0.460. The number of benzene rings is 1. The molecule has 3 heteroatoms. The summed E-state index contributed by atoms with van der Waals surface area (Å²) in [4.78, 5) is 0. The minimum absolute atomic E-state index is 0.248. The lowest BCUT2D eigenvalue weighted by Crippen LogP contribution is -2.27. The van der Waals surface area contributed by atoms with Crippen LogP contribution >= 0.6 is 0 Å². The predicted molar refractivity (Wildman–Crippen MR) is 70.4 cm³/mol. The second kappa shape index (κ2) is 6.60. The molecule has 0 unspecified atom stereocenters. The van der Waals surface area contributed by atoms with Crippen molar-refractivity contribution >= 4 is 5.69 Å². The van der Waals surface area contributed by atoms with Gasteiger partial charge in [0.1, 0.15) is 0 Å². The van der Waals surface area contributed by atoms with Gasteiger partial charge < -0.3 is 10.6 Å². The largest absolute Gasteiger partial charge is 0.385 e. The van der Waals surface area contributed by atoms with Crippen LogP contribution in [0.5, 0.6) is 0 Å². The van der Waals surface area contributed by atoms with Gasteiger partial charge in [-0.25, -0.2) is 0 Å². The fourth-order valence-corrected chi connectivity index (χ4v) is 2.44. The zero-order valence-electron chi connectivity index (χ0n) is 10.2. The molecule has 0 radical (unpaired) electrons. The van der Waals surface area contributed by atoms with Crippen LogP contribution in [0.3, 0.4) is 0 Å². The summed E-state index contributed by atoms with van der Waals surface area (Å²) in [7, 11) is 0. The third-order valence-corrected chi connectivity index (χ3v) is 3.37. The lowest BCUT2D eigenvalue weighted by atomic mass is 9.89. The van der Waals surface area contributed by atoms with Crippen molar-refractivity contribution < 1.29 is 4.39 Å². The minimum Gasteiger partial charge on any atom is -0.385 e. The van der Waals surface area contributed by atoms with Gasteiger partial charge in [0.2, 0.25) is 0 Å². The molecule has 1 aliphatic rings. The topological polar surface area (TPSA) is 24.1 Å². The van der Waals surface area contributed by atoms with Crippen LogP contribution in [-0.4, -0.2) is 26.3 Å². The maximum atomic E-state index is 12.1. The monoisotopic (exact) mass is 236 g/mol. The number of nitrogens with one attached hydrogen (secondary N) is 2. The van der Waals surface area contributed by atoms with E-state index in [1.54, 1.807) is 0 Å². The molecule has 0 amide bonds. The zero-order chi connectivity index (χ0) is 11.9. The van der Waals surface area contributed by atoms with E-state index in [1.165, 1.54) is 24.1 Å². The summed E-state index contributed by atoms with van der Waals surface area (Å²) in [6.45, 7) is 2.67. The zero-order valence-corrected chi connectivity index (χ0v) is 10.2. The Labute approximate surface area is 103 Å². The average Bonchev–Trinajstić information content (AvgIpc) is 2.41. The van der Waals surface area contributed by atoms with Crippen molar-refractivity contribution in [2.75, 3.05) is 31.6 Å². The third kappa shape index (κ3) is 3.43. The standard InChI is InChI=1S/C14H21FN2/c15-8-3-9-17-14-5-2-1-4-13(14)12-6-10-16-11-7-12/h1-2,4-5,12,16-17H,3,6-11H2. The van der Waals surface area contributed by atoms with Gasteiger partial charge in [0.05, 0.1) is 6.67 Å². The van der Waals surface area contributed by atoms with Gasteiger partial charge in [-0.05, 0) is 49.9 Å². The highest BCUT2D eigenvalue weighted by atomic mass is 19.1. The molecule has 1 fully saturated rings. The summed E-state index contributed by atoms with van der Waals surface area (Å²) in [5, 5.41) is 6.74. The van der Waals surface area contributed by atoms with Crippen molar-refractivity contribution in [3.63, 3.8) is 0 Å². The normalized spacial score (nSPS) is 17.0. The van der Waals surface area contributed by atoms with Gasteiger partial charge in [-0.15, -0.1) is 0 Å². The molecule has 1 aliphatic heterocycles. The number of hydrogen-bond acceptors (Lipinski definition) is 2. The molecular weight excluding hydrogens is 215 g/mol. The highest BCUT2D eigenvalue weighted by molar-refractivity contribution is 5.52. The number of hydrogen-bond donors (Lipinski definition) is 2. The molecule has 2 nitrogen and oxygen atoms in total. The molecule has 1 aromatic rings. The molecule has 2 rings (SSSR count). The molecule has 1 saturated heterocycles. The first-order valence-corrected chi connectivity index (χ1v) is 6.51. The Morgan fingerprint density at radius 1 is 1.24 bits per heavy atom. The van der Waals surface area contributed by atoms with Crippen LogP contribution in [0, 0.1) is 0 Å². The van der Waals surface area contributed by atoms with Gasteiger partial charge in [-0.3, -0.25) is 4.39 Å². The van der Waals surface area contributed by atoms with Crippen molar-refractivity contribution in [1.82, 2.24) is 5.32 Å². The van der Waals surface area contributed by atoms with E-state index in [9.17, 15) is 4.39 Å². The Kier molecular flexibility index (Phi) is 4.80. The Morgan fingerprint density at radius 2 is 2.00 bits per heavy atom. The number of halogens is 1. The van der Waals surface area contributed by atoms with Gasteiger partial charge in [-0.1, -0.05) is 18.2 Å². The van der Waals surface area contributed by atoms with E-state index in [1.807, 2.05) is 6.07 Å². The van der Waals surface area contributed by atoms with Crippen molar-refractivity contribution in [2.45, 2.75) is 25.2 Å². The average molecular weight is 236 g/mol. The second-order valence-corrected chi connectivity index (χ2v) is 4.58. The Balaban J connectivity index is 2.03. The number of anilines is 1. The molecule has 0 atom stereocenters. The van der Waals surface area contributed by atoms with Crippen LogP contribution in [0.2, 0.25) is 0 Å². The van der Waals surface area contributed by atoms with Crippen LogP contribution in [0.1, 0.15) is 30.7 Å². The Morgan fingerprint density at radius 3 is 2.76 bits per heavy atom. The number of alkyl halides is 1. The molecule has 2 N–H and O–H groups in total. The van der Waals surface area contributed by atoms with Crippen LogP contribution in [0.25, 0.3) is 0 Å². The van der Waals surface area contributed by atoms with Gasteiger partial charge >= 0.3 is 0 Å². The van der Waals surface area contributed by atoms with E-state index >= 15 is 0 Å². The molecular formula is C14H21FN2. The van der Waals surface area contributed by atoms with Crippen LogP contribution in [0.4, 0.5) is 10.1 Å². The maximum absolute atomic E-state index is 12.1. The lowest BCUT2D eigenvalue weighted by Gasteiger charge is -2.25. The molecule has 0 bridgehead atoms. The van der Waals surface area contributed by atoms with E-state index in [0.717, 1.165) is 19.6 Å². The molecule has 0 aromatic heterocycles. The molecule has 94 valence electrons. The van der Waals surface area contributed by atoms with Crippen molar-refractivity contribution in [3.8, 4) is 0 Å². The first kappa shape index (κ1) is 12.4. The minimum atomic E-state index is -0.248. The van der Waals surface area contributed by atoms with E-state index in [4.69, 9.17) is 0 Å². The van der Waals surface area contributed by atoms with Crippen LogP contribution in [0.15, 0.2) is 24.3 Å². The van der Waals surface area contributed by atoms with Gasteiger partial charge in [0.15, 0.2) is 0 Å². The highest BCUT2D eigenvalue weighted by Crippen LogP contribution is 2.30. The van der Waals surface area contributed by atoms with Crippen LogP contribution in [-0.2, 0) is 0 Å². The first-order valence-electron chi connectivity index (χ1n) is 6.51. The maximum Gasteiger partial charge on any atom is 0.0911 e. The summed E-state index contributed by atoms with van der Waals surface area (Å²) in [6, 6.07) is 8.45. The second-order valence-electron chi connectivity index (χ2n) is 4.58. The van der Waals surface area contributed by atoms with E-state index in [-0.39, 0.29) is 6.67 Å². The van der Waals surface area contributed by atoms with Gasteiger partial charge in [-0.2, -0.15) is 0 Å². The molecule has 1 aromatic carbocycles. The van der Waals surface area contributed by atoms with E-state index < -0.39 is 0 Å². The predicted octanol–water partition coefficient (Wildman–Crippen LogP) is 2.93. The highest BCUT2D eigenvalue weighted by Gasteiger charge is 2.17. The molecule has 0 aliphatic carbocycles. The number of piperidine rings is 1. The van der Waals surface area contributed by atoms with E-state index in [2.05, 4.69) is 28.8 Å². The van der Waals surface area contributed by atoms with Gasteiger partial charge in [0, 0.05) is 12.2 Å². The smallest absolute Gasteiger partial charge is 0.0911 e. The SMILES string of the molecule is FCCCNc1ccccc1C1CCNCC1. The number of rotatable bonds is 5. The van der Waals surface area contributed by atoms with Crippen LogP contribution < -0.4 is 10.6 Å². The van der Waals surface area contributed by atoms with E-state index in [0.29, 0.717) is 12.3 Å². The van der Waals surface area contributed by atoms with Crippen molar-refractivity contribution in [2.24, 2.45) is 0 Å². The third-order valence-electron chi connectivity index (χ3n) is 3.37. The first-order chi connectivity index (χ1) is 8.42. The molecule has 17 heavy (non-hydrogen) atoms. The van der Waals surface area contributed by atoms with Crippen molar-refractivity contribution in [1.29, 1.82) is 0 Å². The fourth-order valence-electron chi connectivity index (χ4n) is 2.44. The fraction of sp³-hybridized carbons (Fsp3) is 0.571.